The monoisotopic (exact) mass is 191 g/mol. The van der Waals surface area contributed by atoms with Gasteiger partial charge < -0.3 is 10.1 Å². The van der Waals surface area contributed by atoms with Gasteiger partial charge in [0.2, 0.25) is 5.91 Å². The Balaban J connectivity index is 2.32. The minimum atomic E-state index is -0.00125. The number of benzene rings is 1. The number of amides is 1. The molecule has 0 saturated heterocycles. The van der Waals surface area contributed by atoms with Crippen molar-refractivity contribution in [2.45, 2.75) is 25.9 Å². The van der Waals surface area contributed by atoms with E-state index in [4.69, 9.17) is 4.74 Å². The minimum Gasteiger partial charge on any atom is -0.488 e. The number of carbonyl (C=O) groups excluding carboxylic acids is 1. The Hall–Kier alpha value is -1.51. The third kappa shape index (κ3) is 1.71. The summed E-state index contributed by atoms with van der Waals surface area (Å²) in [6.07, 6.45) is 1.28. The van der Waals surface area contributed by atoms with Gasteiger partial charge in [-0.2, -0.15) is 0 Å². The first-order chi connectivity index (χ1) is 6.79. The summed E-state index contributed by atoms with van der Waals surface area (Å²) in [5, 5.41) is 2.82. The summed E-state index contributed by atoms with van der Waals surface area (Å²) in [5.41, 5.74) is 0.772. The molecule has 1 aromatic carbocycles. The largest absolute Gasteiger partial charge is 0.488 e. The molecule has 0 fully saturated rings. The van der Waals surface area contributed by atoms with E-state index in [9.17, 15) is 4.79 Å². The molecule has 1 amide bonds. The number of fused-ring (bicyclic) bond motifs is 1. The molecule has 74 valence electrons. The van der Waals surface area contributed by atoms with Gasteiger partial charge in [-0.15, -0.1) is 0 Å². The van der Waals surface area contributed by atoms with Crippen molar-refractivity contribution < 1.29 is 9.53 Å². The van der Waals surface area contributed by atoms with Crippen LogP contribution in [0.15, 0.2) is 24.3 Å². The van der Waals surface area contributed by atoms with Crippen molar-refractivity contribution in [1.82, 2.24) is 0 Å². The van der Waals surface area contributed by atoms with Gasteiger partial charge in [-0.1, -0.05) is 19.1 Å². The highest BCUT2D eigenvalue weighted by Crippen LogP contribution is 2.28. The Morgan fingerprint density at radius 2 is 2.29 bits per heavy atom. The van der Waals surface area contributed by atoms with Gasteiger partial charge in [-0.25, -0.2) is 0 Å². The number of rotatable bonds is 1. The minimum absolute atomic E-state index is 0.00125. The number of ether oxygens (including phenoxy) is 1. The smallest absolute Gasteiger partial charge is 0.228 e. The highest BCUT2D eigenvalue weighted by atomic mass is 16.5. The van der Waals surface area contributed by atoms with Crippen molar-refractivity contribution in [1.29, 1.82) is 0 Å². The SMILES string of the molecule is CC[C@@H]1CC(=O)Nc2ccccc2O1. The van der Waals surface area contributed by atoms with E-state index in [1.54, 1.807) is 0 Å². The molecule has 1 heterocycles. The molecule has 0 radical (unpaired) electrons. The second-order valence-electron chi connectivity index (χ2n) is 3.40. The summed E-state index contributed by atoms with van der Waals surface area (Å²) in [6.45, 7) is 2.02. The van der Waals surface area contributed by atoms with Crippen molar-refractivity contribution in [3.8, 4) is 5.75 Å². The summed E-state index contributed by atoms with van der Waals surface area (Å²) in [5.74, 6) is 0.798. The lowest BCUT2D eigenvalue weighted by Crippen LogP contribution is -2.19. The Morgan fingerprint density at radius 1 is 1.50 bits per heavy atom. The standard InChI is InChI=1S/C11H13NO2/c1-2-8-7-11(13)12-9-5-3-4-6-10(9)14-8/h3-6,8H,2,7H2,1H3,(H,12,13)/t8-/m1/s1. The fraction of sp³-hybridized carbons (Fsp3) is 0.364. The molecule has 0 spiro atoms. The van der Waals surface area contributed by atoms with Crippen molar-refractivity contribution >= 4 is 11.6 Å². The van der Waals surface area contributed by atoms with E-state index in [2.05, 4.69) is 5.32 Å². The molecule has 1 aromatic rings. The fourth-order valence-electron chi connectivity index (χ4n) is 1.53. The van der Waals surface area contributed by atoms with E-state index < -0.39 is 0 Å². The second-order valence-corrected chi connectivity index (χ2v) is 3.40. The van der Waals surface area contributed by atoms with Crippen LogP contribution in [-0.4, -0.2) is 12.0 Å². The van der Waals surface area contributed by atoms with Crippen LogP contribution in [0.3, 0.4) is 0 Å². The molecule has 0 bridgehead atoms. The maximum atomic E-state index is 11.4. The number of para-hydroxylation sites is 2. The summed E-state index contributed by atoms with van der Waals surface area (Å²) in [6, 6.07) is 7.52. The number of nitrogens with one attached hydrogen (secondary N) is 1. The lowest BCUT2D eigenvalue weighted by molar-refractivity contribution is -0.117. The molecule has 1 N–H and O–H groups in total. The number of carbonyl (C=O) groups is 1. The third-order valence-electron chi connectivity index (χ3n) is 2.32. The number of hydrogen-bond donors (Lipinski definition) is 1. The molecular formula is C11H13NO2. The van der Waals surface area contributed by atoms with Crippen LogP contribution in [0.2, 0.25) is 0 Å². The quantitative estimate of drug-likeness (QED) is 0.738. The third-order valence-corrected chi connectivity index (χ3v) is 2.32. The summed E-state index contributed by atoms with van der Waals surface area (Å²) in [7, 11) is 0. The Labute approximate surface area is 83.1 Å². The van der Waals surface area contributed by atoms with Crippen LogP contribution in [0.5, 0.6) is 5.75 Å². The average Bonchev–Trinajstić information content (AvgIpc) is 2.35. The lowest BCUT2D eigenvalue weighted by Gasteiger charge is -2.13. The van der Waals surface area contributed by atoms with Crippen LogP contribution in [0.1, 0.15) is 19.8 Å². The zero-order chi connectivity index (χ0) is 9.97. The first kappa shape index (κ1) is 9.06. The van der Waals surface area contributed by atoms with Crippen LogP contribution in [0.25, 0.3) is 0 Å². The molecule has 3 nitrogen and oxygen atoms in total. The zero-order valence-corrected chi connectivity index (χ0v) is 8.12. The molecule has 14 heavy (non-hydrogen) atoms. The van der Waals surface area contributed by atoms with E-state index in [0.717, 1.165) is 17.9 Å². The maximum Gasteiger partial charge on any atom is 0.228 e. The highest BCUT2D eigenvalue weighted by Gasteiger charge is 2.20. The van der Waals surface area contributed by atoms with Crippen LogP contribution in [0, 0.1) is 0 Å². The normalized spacial score (nSPS) is 20.4. The van der Waals surface area contributed by atoms with Gasteiger partial charge in [0.05, 0.1) is 12.1 Å². The van der Waals surface area contributed by atoms with Crippen LogP contribution in [0.4, 0.5) is 5.69 Å². The lowest BCUT2D eigenvalue weighted by atomic mass is 10.2. The molecular weight excluding hydrogens is 178 g/mol. The Morgan fingerprint density at radius 3 is 3.07 bits per heavy atom. The van der Waals surface area contributed by atoms with Gasteiger partial charge in [0, 0.05) is 0 Å². The molecule has 0 saturated carbocycles. The number of anilines is 1. The predicted octanol–water partition coefficient (Wildman–Crippen LogP) is 2.19. The van der Waals surface area contributed by atoms with E-state index in [-0.39, 0.29) is 12.0 Å². The van der Waals surface area contributed by atoms with E-state index >= 15 is 0 Å². The van der Waals surface area contributed by atoms with E-state index in [1.807, 2.05) is 31.2 Å². The van der Waals surface area contributed by atoms with Crippen LogP contribution >= 0.6 is 0 Å². The molecule has 0 unspecified atom stereocenters. The van der Waals surface area contributed by atoms with Gasteiger partial charge in [0.15, 0.2) is 0 Å². The van der Waals surface area contributed by atoms with Gasteiger partial charge in [0.25, 0.3) is 0 Å². The predicted molar refractivity (Wildman–Crippen MR) is 54.4 cm³/mol. The van der Waals surface area contributed by atoms with Crippen LogP contribution < -0.4 is 10.1 Å². The molecule has 1 atom stereocenters. The summed E-state index contributed by atoms with van der Waals surface area (Å²) >= 11 is 0. The van der Waals surface area contributed by atoms with Crippen LogP contribution in [-0.2, 0) is 4.79 Å². The molecule has 0 aliphatic carbocycles. The van der Waals surface area contributed by atoms with Gasteiger partial charge in [-0.3, -0.25) is 4.79 Å². The van der Waals surface area contributed by atoms with Gasteiger partial charge in [0.1, 0.15) is 11.9 Å². The molecule has 1 aliphatic rings. The van der Waals surface area contributed by atoms with Gasteiger partial charge >= 0.3 is 0 Å². The first-order valence-electron chi connectivity index (χ1n) is 4.85. The van der Waals surface area contributed by atoms with Crippen molar-refractivity contribution in [3.63, 3.8) is 0 Å². The van der Waals surface area contributed by atoms with Gasteiger partial charge in [-0.05, 0) is 18.6 Å². The average molecular weight is 191 g/mol. The highest BCUT2D eigenvalue weighted by molar-refractivity contribution is 5.93. The number of hydrogen-bond acceptors (Lipinski definition) is 2. The maximum absolute atomic E-state index is 11.4. The second kappa shape index (κ2) is 3.70. The Kier molecular flexibility index (Phi) is 2.39. The molecule has 2 rings (SSSR count). The summed E-state index contributed by atoms with van der Waals surface area (Å²) < 4.78 is 5.69. The summed E-state index contributed by atoms with van der Waals surface area (Å²) in [4.78, 5) is 11.4. The van der Waals surface area contributed by atoms with Crippen molar-refractivity contribution in [2.24, 2.45) is 0 Å². The first-order valence-corrected chi connectivity index (χ1v) is 4.85. The Bertz CT molecular complexity index is 349. The molecule has 3 heteroatoms. The van der Waals surface area contributed by atoms with Crippen molar-refractivity contribution in [2.75, 3.05) is 5.32 Å². The van der Waals surface area contributed by atoms with E-state index in [0.29, 0.717) is 6.42 Å². The molecule has 1 aliphatic heterocycles. The fourth-order valence-corrected chi connectivity index (χ4v) is 1.53. The van der Waals surface area contributed by atoms with Crippen molar-refractivity contribution in [3.05, 3.63) is 24.3 Å². The zero-order valence-electron chi connectivity index (χ0n) is 8.12. The topological polar surface area (TPSA) is 38.3 Å². The van der Waals surface area contributed by atoms with E-state index in [1.165, 1.54) is 0 Å². The molecule has 0 aromatic heterocycles.